The Morgan fingerprint density at radius 3 is 2.48 bits per heavy atom. The molecule has 0 saturated carbocycles. The lowest BCUT2D eigenvalue weighted by Crippen LogP contribution is -2.31. The Labute approximate surface area is 123 Å². The molecule has 0 unspecified atom stereocenters. The van der Waals surface area contributed by atoms with Crippen molar-refractivity contribution in [3.8, 4) is 0 Å². The zero-order valence-corrected chi connectivity index (χ0v) is 12.7. The molecule has 2 aromatic rings. The fourth-order valence-corrected chi connectivity index (χ4v) is 3.22. The predicted octanol–water partition coefficient (Wildman–Crippen LogP) is 0.839. The van der Waals surface area contributed by atoms with Crippen molar-refractivity contribution >= 4 is 10.0 Å². The minimum Gasteiger partial charge on any atom is -0.268 e. The van der Waals surface area contributed by atoms with Crippen molar-refractivity contribution in [1.29, 1.82) is 0 Å². The van der Waals surface area contributed by atoms with E-state index in [-0.39, 0.29) is 23.5 Å². The third-order valence-electron chi connectivity index (χ3n) is 2.91. The summed E-state index contributed by atoms with van der Waals surface area (Å²) in [5, 5.41) is 3.87. The van der Waals surface area contributed by atoms with Crippen LogP contribution in [0, 0.1) is 13.8 Å². The van der Waals surface area contributed by atoms with Crippen LogP contribution in [0.2, 0.25) is 0 Å². The summed E-state index contributed by atoms with van der Waals surface area (Å²) < 4.78 is 28.1. The van der Waals surface area contributed by atoms with E-state index in [1.807, 2.05) is 19.9 Å². The molecule has 1 N–H and O–H groups in total. The smallest absolute Gasteiger partial charge is 0.266 e. The maximum atomic E-state index is 12.2. The molecular formula is C14H17N3O3S. The van der Waals surface area contributed by atoms with Crippen LogP contribution in [0.15, 0.2) is 46.2 Å². The number of nitrogens with one attached hydrogen (secondary N) is 1. The first kappa shape index (κ1) is 15.4. The first-order valence-corrected chi connectivity index (χ1v) is 7.97. The van der Waals surface area contributed by atoms with Gasteiger partial charge in [-0.15, -0.1) is 0 Å². The molecule has 1 aromatic heterocycles. The van der Waals surface area contributed by atoms with Gasteiger partial charge in [0.05, 0.1) is 11.4 Å². The van der Waals surface area contributed by atoms with E-state index in [1.54, 1.807) is 18.2 Å². The third-order valence-corrected chi connectivity index (χ3v) is 4.35. The highest BCUT2D eigenvalue weighted by Gasteiger charge is 2.14. The molecule has 1 heterocycles. The Morgan fingerprint density at radius 2 is 1.86 bits per heavy atom. The Hall–Kier alpha value is -1.99. The van der Waals surface area contributed by atoms with Crippen molar-refractivity contribution in [2.45, 2.75) is 25.3 Å². The summed E-state index contributed by atoms with van der Waals surface area (Å²) >= 11 is 0. The van der Waals surface area contributed by atoms with Gasteiger partial charge in [-0.05, 0) is 43.2 Å². The van der Waals surface area contributed by atoms with Gasteiger partial charge in [-0.25, -0.2) is 17.8 Å². The van der Waals surface area contributed by atoms with Crippen LogP contribution in [0.3, 0.4) is 0 Å². The lowest BCUT2D eigenvalue weighted by Gasteiger charge is -2.09. The quantitative estimate of drug-likeness (QED) is 0.887. The number of nitrogens with zero attached hydrogens (tertiary/aromatic N) is 2. The molecule has 6 nitrogen and oxygen atoms in total. The molecule has 0 radical (unpaired) electrons. The van der Waals surface area contributed by atoms with Gasteiger partial charge < -0.3 is 0 Å². The lowest BCUT2D eigenvalue weighted by atomic mass is 10.2. The normalized spacial score (nSPS) is 11.5. The molecule has 0 aliphatic carbocycles. The van der Waals surface area contributed by atoms with Crippen LogP contribution in [-0.2, 0) is 16.6 Å². The number of rotatable bonds is 5. The molecule has 0 atom stereocenters. The fourth-order valence-electron chi connectivity index (χ4n) is 2.01. The van der Waals surface area contributed by atoms with Crippen LogP contribution in [0.4, 0.5) is 0 Å². The summed E-state index contributed by atoms with van der Waals surface area (Å²) in [5.74, 6) is 0. The molecule has 21 heavy (non-hydrogen) atoms. The maximum Gasteiger partial charge on any atom is 0.266 e. The molecule has 0 amide bonds. The van der Waals surface area contributed by atoms with E-state index >= 15 is 0 Å². The Bertz CT molecular complexity index is 777. The number of sulfonamides is 1. The molecule has 0 bridgehead atoms. The van der Waals surface area contributed by atoms with Gasteiger partial charge in [0.15, 0.2) is 0 Å². The van der Waals surface area contributed by atoms with Gasteiger partial charge in [-0.2, -0.15) is 5.10 Å². The molecular weight excluding hydrogens is 290 g/mol. The van der Waals surface area contributed by atoms with E-state index in [4.69, 9.17) is 0 Å². The largest absolute Gasteiger partial charge is 0.268 e. The van der Waals surface area contributed by atoms with E-state index in [2.05, 4.69) is 9.82 Å². The molecule has 0 spiro atoms. The summed E-state index contributed by atoms with van der Waals surface area (Å²) in [5.41, 5.74) is 1.51. The van der Waals surface area contributed by atoms with Crippen LogP contribution < -0.4 is 10.3 Å². The second-order valence-corrected chi connectivity index (χ2v) is 6.57. The first-order valence-electron chi connectivity index (χ1n) is 6.48. The number of benzene rings is 1. The van der Waals surface area contributed by atoms with Crippen LogP contribution in [0.5, 0.6) is 0 Å². The van der Waals surface area contributed by atoms with Crippen LogP contribution >= 0.6 is 0 Å². The van der Waals surface area contributed by atoms with Gasteiger partial charge in [0, 0.05) is 18.8 Å². The van der Waals surface area contributed by atoms with Crippen molar-refractivity contribution in [2.75, 3.05) is 6.54 Å². The first-order chi connectivity index (χ1) is 9.88. The second-order valence-electron chi connectivity index (χ2n) is 4.81. The van der Waals surface area contributed by atoms with Crippen molar-refractivity contribution < 1.29 is 8.42 Å². The summed E-state index contributed by atoms with van der Waals surface area (Å²) in [6.07, 6.45) is 1.49. The maximum absolute atomic E-state index is 12.2. The van der Waals surface area contributed by atoms with Crippen molar-refractivity contribution in [1.82, 2.24) is 14.5 Å². The highest BCUT2D eigenvalue weighted by Crippen LogP contribution is 2.13. The monoisotopic (exact) mass is 307 g/mol. The fraction of sp³-hybridized carbons (Fsp3) is 0.286. The summed E-state index contributed by atoms with van der Waals surface area (Å²) in [6, 6.07) is 8.06. The molecule has 0 aliphatic heterocycles. The lowest BCUT2D eigenvalue weighted by molar-refractivity contribution is 0.547. The summed E-state index contributed by atoms with van der Waals surface area (Å²) in [7, 11) is -3.58. The summed E-state index contributed by atoms with van der Waals surface area (Å²) in [4.78, 5) is 11.7. The van der Waals surface area contributed by atoms with Gasteiger partial charge in [0.2, 0.25) is 10.0 Å². The van der Waals surface area contributed by atoms with Gasteiger partial charge in [-0.1, -0.05) is 6.07 Å². The number of aryl methyl sites for hydroxylation is 2. The minimum absolute atomic E-state index is 0.103. The van der Waals surface area contributed by atoms with Gasteiger partial charge in [-0.3, -0.25) is 4.79 Å². The number of aromatic nitrogens is 2. The second kappa shape index (κ2) is 6.19. The molecule has 112 valence electrons. The van der Waals surface area contributed by atoms with Gasteiger partial charge >= 0.3 is 0 Å². The Kier molecular flexibility index (Phi) is 4.54. The standard InChI is InChI=1S/C14H17N3O3S/c1-11-8-12(2)10-13(9-11)21(19,20)16-6-7-17-14(18)4-3-5-15-17/h3-5,8-10,16H,6-7H2,1-2H3. The van der Waals surface area contributed by atoms with Crippen molar-refractivity contribution in [2.24, 2.45) is 0 Å². The topological polar surface area (TPSA) is 81.1 Å². The number of hydrogen-bond donors (Lipinski definition) is 1. The average Bonchev–Trinajstić information content (AvgIpc) is 2.40. The highest BCUT2D eigenvalue weighted by molar-refractivity contribution is 7.89. The van der Waals surface area contributed by atoms with Gasteiger partial charge in [0.25, 0.3) is 5.56 Å². The van der Waals surface area contributed by atoms with E-state index < -0.39 is 10.0 Å². The zero-order chi connectivity index (χ0) is 15.5. The molecule has 0 aliphatic rings. The van der Waals surface area contributed by atoms with Crippen molar-refractivity contribution in [3.63, 3.8) is 0 Å². The number of hydrogen-bond acceptors (Lipinski definition) is 4. The molecule has 7 heteroatoms. The van der Waals surface area contributed by atoms with Crippen LogP contribution in [0.25, 0.3) is 0 Å². The van der Waals surface area contributed by atoms with Crippen molar-refractivity contribution in [3.05, 3.63) is 58.0 Å². The van der Waals surface area contributed by atoms with E-state index in [0.717, 1.165) is 11.1 Å². The zero-order valence-electron chi connectivity index (χ0n) is 11.9. The van der Waals surface area contributed by atoms with E-state index in [9.17, 15) is 13.2 Å². The van der Waals surface area contributed by atoms with E-state index in [1.165, 1.54) is 16.9 Å². The SMILES string of the molecule is Cc1cc(C)cc(S(=O)(=O)NCCn2ncccc2=O)c1. The predicted molar refractivity (Wildman–Crippen MR) is 79.6 cm³/mol. The van der Waals surface area contributed by atoms with E-state index in [0.29, 0.717) is 0 Å². The highest BCUT2D eigenvalue weighted by atomic mass is 32.2. The Morgan fingerprint density at radius 1 is 1.19 bits per heavy atom. The molecule has 1 aromatic carbocycles. The third kappa shape index (κ3) is 3.99. The van der Waals surface area contributed by atoms with Crippen LogP contribution in [-0.4, -0.2) is 24.7 Å². The molecule has 2 rings (SSSR count). The average molecular weight is 307 g/mol. The van der Waals surface area contributed by atoms with Crippen LogP contribution in [0.1, 0.15) is 11.1 Å². The molecule has 0 saturated heterocycles. The molecule has 0 fully saturated rings. The van der Waals surface area contributed by atoms with Gasteiger partial charge in [0.1, 0.15) is 0 Å². The Balaban J connectivity index is 2.08. The summed E-state index contributed by atoms with van der Waals surface area (Å²) in [6.45, 7) is 3.98. The minimum atomic E-state index is -3.58.